The van der Waals surface area contributed by atoms with E-state index in [1.54, 1.807) is 11.8 Å². The Balaban J connectivity index is 1.52. The lowest BCUT2D eigenvalue weighted by Gasteiger charge is -2.11. The van der Waals surface area contributed by atoms with Gasteiger partial charge in [-0.15, -0.1) is 10.2 Å². The predicted molar refractivity (Wildman–Crippen MR) is 128 cm³/mol. The SMILES string of the molecule is Cc1ccc(OCc2nnc(SC/C=C/c3ccccc3)n2-c2ccc(C)cc2)cc1. The summed E-state index contributed by atoms with van der Waals surface area (Å²) in [5, 5.41) is 9.73. The number of thioether (sulfide) groups is 1. The first kappa shape index (κ1) is 20.9. The molecule has 0 atom stereocenters. The molecular weight excluding hydrogens is 402 g/mol. The molecule has 0 N–H and O–H groups in total. The molecule has 0 saturated heterocycles. The van der Waals surface area contributed by atoms with E-state index in [1.165, 1.54) is 16.7 Å². The van der Waals surface area contributed by atoms with Crippen LogP contribution < -0.4 is 4.74 Å². The monoisotopic (exact) mass is 427 g/mol. The minimum atomic E-state index is 0.352. The van der Waals surface area contributed by atoms with Crippen molar-refractivity contribution in [3.63, 3.8) is 0 Å². The lowest BCUT2D eigenvalue weighted by atomic mass is 10.2. The lowest BCUT2D eigenvalue weighted by Crippen LogP contribution is -2.06. The third kappa shape index (κ3) is 5.64. The maximum atomic E-state index is 5.98. The minimum Gasteiger partial charge on any atom is -0.486 e. The molecule has 0 spiro atoms. The van der Waals surface area contributed by atoms with E-state index >= 15 is 0 Å². The zero-order valence-corrected chi connectivity index (χ0v) is 18.5. The van der Waals surface area contributed by atoms with Gasteiger partial charge in [-0.3, -0.25) is 4.57 Å². The van der Waals surface area contributed by atoms with Crippen LogP contribution in [0.1, 0.15) is 22.5 Å². The van der Waals surface area contributed by atoms with Crippen LogP contribution in [-0.2, 0) is 6.61 Å². The van der Waals surface area contributed by atoms with E-state index in [0.717, 1.165) is 28.2 Å². The summed E-state index contributed by atoms with van der Waals surface area (Å²) in [6.45, 7) is 4.50. The largest absolute Gasteiger partial charge is 0.486 e. The summed E-state index contributed by atoms with van der Waals surface area (Å²) in [6.07, 6.45) is 4.28. The predicted octanol–water partition coefficient (Wildman–Crippen LogP) is 6.27. The summed E-state index contributed by atoms with van der Waals surface area (Å²) in [4.78, 5) is 0. The molecule has 1 heterocycles. The number of rotatable bonds is 8. The molecule has 4 aromatic rings. The average Bonchev–Trinajstić information content (AvgIpc) is 3.20. The Morgan fingerprint density at radius 1 is 0.839 bits per heavy atom. The van der Waals surface area contributed by atoms with Crippen LogP contribution >= 0.6 is 11.8 Å². The molecule has 0 aliphatic rings. The van der Waals surface area contributed by atoms with E-state index in [-0.39, 0.29) is 0 Å². The Morgan fingerprint density at radius 2 is 1.52 bits per heavy atom. The first-order chi connectivity index (χ1) is 15.2. The third-order valence-electron chi connectivity index (χ3n) is 4.80. The van der Waals surface area contributed by atoms with E-state index in [1.807, 2.05) is 42.5 Å². The van der Waals surface area contributed by atoms with Crippen molar-refractivity contribution in [1.29, 1.82) is 0 Å². The topological polar surface area (TPSA) is 39.9 Å². The molecule has 0 amide bonds. The van der Waals surface area contributed by atoms with Crippen molar-refractivity contribution in [2.45, 2.75) is 25.6 Å². The van der Waals surface area contributed by atoms with Gasteiger partial charge in [0.2, 0.25) is 0 Å². The molecule has 4 rings (SSSR count). The number of benzene rings is 3. The molecule has 0 aliphatic heterocycles. The summed E-state index contributed by atoms with van der Waals surface area (Å²) >= 11 is 1.66. The molecule has 0 saturated carbocycles. The highest BCUT2D eigenvalue weighted by molar-refractivity contribution is 7.99. The number of hydrogen-bond acceptors (Lipinski definition) is 4. The second-order valence-corrected chi connectivity index (χ2v) is 8.28. The summed E-state index contributed by atoms with van der Waals surface area (Å²) in [7, 11) is 0. The first-order valence-electron chi connectivity index (χ1n) is 10.2. The van der Waals surface area contributed by atoms with Crippen molar-refractivity contribution >= 4 is 17.8 Å². The molecule has 0 aliphatic carbocycles. The summed E-state index contributed by atoms with van der Waals surface area (Å²) in [5.41, 5.74) is 4.65. The summed E-state index contributed by atoms with van der Waals surface area (Å²) in [5.74, 6) is 2.40. The van der Waals surface area contributed by atoms with Gasteiger partial charge in [0.25, 0.3) is 0 Å². The van der Waals surface area contributed by atoms with Gasteiger partial charge in [-0.25, -0.2) is 0 Å². The molecule has 4 nitrogen and oxygen atoms in total. The number of nitrogens with zero attached hydrogens (tertiary/aromatic N) is 3. The van der Waals surface area contributed by atoms with Gasteiger partial charge in [0.05, 0.1) is 0 Å². The van der Waals surface area contributed by atoms with Gasteiger partial charge in [-0.05, 0) is 43.7 Å². The molecule has 0 unspecified atom stereocenters. The third-order valence-corrected chi connectivity index (χ3v) is 5.68. The number of aryl methyl sites for hydroxylation is 2. The van der Waals surface area contributed by atoms with Crippen molar-refractivity contribution in [1.82, 2.24) is 14.8 Å². The molecule has 31 heavy (non-hydrogen) atoms. The van der Waals surface area contributed by atoms with Crippen molar-refractivity contribution in [2.75, 3.05) is 5.75 Å². The Labute approximate surface area is 187 Å². The van der Waals surface area contributed by atoms with Crippen LogP contribution in [0.15, 0.2) is 90.1 Å². The van der Waals surface area contributed by atoms with E-state index in [2.05, 4.69) is 77.2 Å². The van der Waals surface area contributed by atoms with E-state index in [4.69, 9.17) is 4.74 Å². The minimum absolute atomic E-state index is 0.352. The standard InChI is InChI=1S/C26H25N3OS/c1-20-10-14-23(15-11-20)29-25(19-30-24-16-12-21(2)13-17-24)27-28-26(29)31-18-6-9-22-7-4-3-5-8-22/h3-17H,18-19H2,1-2H3/b9-6+. The molecule has 3 aromatic carbocycles. The molecule has 5 heteroatoms. The van der Waals surface area contributed by atoms with Crippen LogP contribution in [-0.4, -0.2) is 20.5 Å². The highest BCUT2D eigenvalue weighted by Gasteiger charge is 2.15. The Kier molecular flexibility index (Phi) is 6.85. The maximum absolute atomic E-state index is 5.98. The van der Waals surface area contributed by atoms with Crippen molar-refractivity contribution in [3.8, 4) is 11.4 Å². The van der Waals surface area contributed by atoms with Crippen molar-refractivity contribution < 1.29 is 4.74 Å². The van der Waals surface area contributed by atoms with Crippen LogP contribution in [0.5, 0.6) is 5.75 Å². The lowest BCUT2D eigenvalue weighted by molar-refractivity contribution is 0.293. The normalized spacial score (nSPS) is 11.2. The van der Waals surface area contributed by atoms with Crippen LogP contribution in [0.25, 0.3) is 11.8 Å². The smallest absolute Gasteiger partial charge is 0.196 e. The highest BCUT2D eigenvalue weighted by atomic mass is 32.2. The fraction of sp³-hybridized carbons (Fsp3) is 0.154. The van der Waals surface area contributed by atoms with Gasteiger partial charge >= 0.3 is 0 Å². The highest BCUT2D eigenvalue weighted by Crippen LogP contribution is 2.24. The van der Waals surface area contributed by atoms with E-state index < -0.39 is 0 Å². The molecular formula is C26H25N3OS. The second-order valence-electron chi connectivity index (χ2n) is 7.30. The average molecular weight is 428 g/mol. The van der Waals surface area contributed by atoms with Crippen molar-refractivity contribution in [3.05, 3.63) is 107 Å². The summed E-state index contributed by atoms with van der Waals surface area (Å²) < 4.78 is 8.06. The van der Waals surface area contributed by atoms with Gasteiger partial charge in [-0.1, -0.05) is 89.6 Å². The summed E-state index contributed by atoms with van der Waals surface area (Å²) in [6, 6.07) is 26.7. The van der Waals surface area contributed by atoms with Gasteiger partial charge in [0.15, 0.2) is 11.0 Å². The quantitative estimate of drug-likeness (QED) is 0.311. The van der Waals surface area contributed by atoms with Crippen LogP contribution in [0, 0.1) is 13.8 Å². The van der Waals surface area contributed by atoms with Gasteiger partial charge in [0, 0.05) is 11.4 Å². The van der Waals surface area contributed by atoms with E-state index in [0.29, 0.717) is 6.61 Å². The number of ether oxygens (including phenoxy) is 1. The zero-order valence-electron chi connectivity index (χ0n) is 17.7. The Morgan fingerprint density at radius 3 is 2.23 bits per heavy atom. The maximum Gasteiger partial charge on any atom is 0.196 e. The molecule has 0 fully saturated rings. The van der Waals surface area contributed by atoms with Gasteiger partial charge < -0.3 is 4.74 Å². The molecule has 1 aromatic heterocycles. The second kappa shape index (κ2) is 10.1. The first-order valence-corrected chi connectivity index (χ1v) is 11.2. The van der Waals surface area contributed by atoms with Gasteiger partial charge in [0.1, 0.15) is 12.4 Å². The number of hydrogen-bond donors (Lipinski definition) is 0. The van der Waals surface area contributed by atoms with Gasteiger partial charge in [-0.2, -0.15) is 0 Å². The Hall–Kier alpha value is -3.31. The fourth-order valence-corrected chi connectivity index (χ4v) is 3.87. The van der Waals surface area contributed by atoms with Crippen LogP contribution in [0.2, 0.25) is 0 Å². The van der Waals surface area contributed by atoms with E-state index in [9.17, 15) is 0 Å². The zero-order chi connectivity index (χ0) is 21.5. The molecule has 0 bridgehead atoms. The number of aromatic nitrogens is 3. The molecule has 156 valence electrons. The fourth-order valence-electron chi connectivity index (χ4n) is 3.09. The Bertz CT molecular complexity index is 1130. The van der Waals surface area contributed by atoms with Crippen LogP contribution in [0.4, 0.5) is 0 Å². The van der Waals surface area contributed by atoms with Crippen LogP contribution in [0.3, 0.4) is 0 Å². The molecule has 0 radical (unpaired) electrons. The van der Waals surface area contributed by atoms with Crippen molar-refractivity contribution in [2.24, 2.45) is 0 Å².